The molecular weight excluding hydrogens is 242 g/mol. The van der Waals surface area contributed by atoms with Crippen LogP contribution in [0.4, 0.5) is 0 Å². The first kappa shape index (κ1) is 15.5. The Balaban J connectivity index is 2.25. The average molecular weight is 265 g/mol. The van der Waals surface area contributed by atoms with Crippen LogP contribution in [0.1, 0.15) is 25.8 Å². The van der Waals surface area contributed by atoms with Crippen LogP contribution in [0.3, 0.4) is 0 Å². The van der Waals surface area contributed by atoms with Gasteiger partial charge in [0.25, 0.3) is 5.91 Å². The second-order valence-electron chi connectivity index (χ2n) is 4.71. The van der Waals surface area contributed by atoms with Crippen molar-refractivity contribution in [2.45, 2.75) is 26.7 Å². The molecule has 2 N–H and O–H groups in total. The number of carbonyl (C=O) groups excluding carboxylic acids is 1. The molecule has 0 aliphatic rings. The summed E-state index contributed by atoms with van der Waals surface area (Å²) in [7, 11) is 0. The first-order valence-electron chi connectivity index (χ1n) is 6.75. The lowest BCUT2D eigenvalue weighted by Gasteiger charge is -2.11. The van der Waals surface area contributed by atoms with Crippen LogP contribution in [0.2, 0.25) is 0 Å². The topological polar surface area (TPSA) is 58.6 Å². The summed E-state index contributed by atoms with van der Waals surface area (Å²) in [4.78, 5) is 11.5. The van der Waals surface area contributed by atoms with Gasteiger partial charge in [0.2, 0.25) is 0 Å². The lowest BCUT2D eigenvalue weighted by molar-refractivity contribution is -0.123. The van der Waals surface area contributed by atoms with Gasteiger partial charge < -0.3 is 15.2 Å². The fraction of sp³-hybridized carbons (Fsp3) is 0.533. The third kappa shape index (κ3) is 6.25. The number of benzene rings is 1. The summed E-state index contributed by atoms with van der Waals surface area (Å²) in [6, 6.07) is 7.74. The van der Waals surface area contributed by atoms with E-state index in [1.54, 1.807) is 0 Å². The molecule has 1 rings (SSSR count). The maximum absolute atomic E-state index is 11.5. The Morgan fingerprint density at radius 2 is 2.05 bits per heavy atom. The molecular formula is C15H23NO3. The zero-order chi connectivity index (χ0) is 14.1. The number of hydrogen-bond acceptors (Lipinski definition) is 3. The van der Waals surface area contributed by atoms with E-state index in [-0.39, 0.29) is 25.0 Å². The van der Waals surface area contributed by atoms with Crippen LogP contribution >= 0.6 is 0 Å². The summed E-state index contributed by atoms with van der Waals surface area (Å²) >= 11 is 0. The molecule has 0 spiro atoms. The third-order valence-corrected chi connectivity index (χ3v) is 2.97. The van der Waals surface area contributed by atoms with E-state index in [4.69, 9.17) is 9.84 Å². The molecule has 0 radical (unpaired) electrons. The van der Waals surface area contributed by atoms with Crippen LogP contribution in [-0.2, 0) is 11.2 Å². The number of carbonyl (C=O) groups is 1. The van der Waals surface area contributed by atoms with Gasteiger partial charge >= 0.3 is 0 Å². The van der Waals surface area contributed by atoms with Crippen LogP contribution in [0.25, 0.3) is 0 Å². The van der Waals surface area contributed by atoms with Gasteiger partial charge in [-0.25, -0.2) is 0 Å². The van der Waals surface area contributed by atoms with Gasteiger partial charge in [0.05, 0.1) is 0 Å². The molecule has 1 unspecified atom stereocenters. The van der Waals surface area contributed by atoms with Crippen molar-refractivity contribution in [3.8, 4) is 5.75 Å². The van der Waals surface area contributed by atoms with Crippen molar-refractivity contribution in [3.63, 3.8) is 0 Å². The van der Waals surface area contributed by atoms with E-state index in [0.717, 1.165) is 6.42 Å². The monoisotopic (exact) mass is 265 g/mol. The fourth-order valence-corrected chi connectivity index (χ4v) is 1.63. The lowest BCUT2D eigenvalue weighted by Crippen LogP contribution is -2.32. The normalized spacial score (nSPS) is 11.9. The quantitative estimate of drug-likeness (QED) is 0.753. The summed E-state index contributed by atoms with van der Waals surface area (Å²) in [6.07, 6.45) is 1.68. The summed E-state index contributed by atoms with van der Waals surface area (Å²) < 4.78 is 5.40. The van der Waals surface area contributed by atoms with Gasteiger partial charge in [-0.2, -0.15) is 0 Å². The van der Waals surface area contributed by atoms with Crippen molar-refractivity contribution in [2.75, 3.05) is 19.8 Å². The summed E-state index contributed by atoms with van der Waals surface area (Å²) in [5.41, 5.74) is 1.25. The van der Waals surface area contributed by atoms with Crippen LogP contribution in [0.15, 0.2) is 24.3 Å². The van der Waals surface area contributed by atoms with Gasteiger partial charge in [0.15, 0.2) is 6.61 Å². The molecule has 0 bridgehead atoms. The molecule has 1 aromatic rings. The second-order valence-corrected chi connectivity index (χ2v) is 4.71. The Morgan fingerprint density at radius 1 is 1.37 bits per heavy atom. The number of ether oxygens (including phenoxy) is 1. The predicted molar refractivity (Wildman–Crippen MR) is 75.2 cm³/mol. The highest BCUT2D eigenvalue weighted by Gasteiger charge is 2.06. The number of hydrogen-bond donors (Lipinski definition) is 2. The lowest BCUT2D eigenvalue weighted by atomic mass is 10.1. The van der Waals surface area contributed by atoms with Crippen LogP contribution in [0, 0.1) is 5.92 Å². The first-order valence-corrected chi connectivity index (χ1v) is 6.75. The highest BCUT2D eigenvalue weighted by Crippen LogP contribution is 2.12. The minimum Gasteiger partial charge on any atom is -0.484 e. The number of amides is 1. The van der Waals surface area contributed by atoms with E-state index in [1.165, 1.54) is 5.56 Å². The van der Waals surface area contributed by atoms with Crippen molar-refractivity contribution >= 4 is 5.91 Å². The van der Waals surface area contributed by atoms with E-state index >= 15 is 0 Å². The standard InChI is InChI=1S/C15H23NO3/c1-3-13-4-6-14(7-5-13)19-11-15(18)16-10-12(2)8-9-17/h4-7,12,17H,3,8-11H2,1-2H3,(H,16,18). The third-order valence-electron chi connectivity index (χ3n) is 2.97. The maximum Gasteiger partial charge on any atom is 0.257 e. The Kier molecular flexibility index (Phi) is 6.97. The van der Waals surface area contributed by atoms with E-state index in [0.29, 0.717) is 18.7 Å². The Morgan fingerprint density at radius 3 is 2.63 bits per heavy atom. The highest BCUT2D eigenvalue weighted by atomic mass is 16.5. The maximum atomic E-state index is 11.5. The highest BCUT2D eigenvalue weighted by molar-refractivity contribution is 5.77. The smallest absolute Gasteiger partial charge is 0.257 e. The summed E-state index contributed by atoms with van der Waals surface area (Å²) in [5, 5.41) is 11.5. The molecule has 0 heterocycles. The van der Waals surface area contributed by atoms with Gasteiger partial charge in [-0.05, 0) is 36.5 Å². The molecule has 0 fully saturated rings. The molecule has 0 aliphatic heterocycles. The molecule has 0 saturated carbocycles. The molecule has 1 atom stereocenters. The molecule has 1 aromatic carbocycles. The SMILES string of the molecule is CCc1ccc(OCC(=O)NCC(C)CCO)cc1. The number of aliphatic hydroxyl groups is 1. The summed E-state index contributed by atoms with van der Waals surface area (Å²) in [6.45, 7) is 4.82. The van der Waals surface area contributed by atoms with Gasteiger partial charge in [-0.1, -0.05) is 26.0 Å². The molecule has 0 aliphatic carbocycles. The van der Waals surface area contributed by atoms with Gasteiger partial charge in [-0.3, -0.25) is 4.79 Å². The van der Waals surface area contributed by atoms with Crippen molar-refractivity contribution < 1.29 is 14.6 Å². The van der Waals surface area contributed by atoms with Crippen molar-refractivity contribution in [1.29, 1.82) is 0 Å². The minimum atomic E-state index is -0.135. The van der Waals surface area contributed by atoms with E-state index in [9.17, 15) is 4.79 Å². The molecule has 0 aromatic heterocycles. The first-order chi connectivity index (χ1) is 9.15. The molecule has 4 heteroatoms. The number of aryl methyl sites for hydroxylation is 1. The number of nitrogens with one attached hydrogen (secondary N) is 1. The fourth-order valence-electron chi connectivity index (χ4n) is 1.63. The van der Waals surface area contributed by atoms with Gasteiger partial charge in [0.1, 0.15) is 5.75 Å². The van der Waals surface area contributed by atoms with Crippen LogP contribution < -0.4 is 10.1 Å². The van der Waals surface area contributed by atoms with E-state index in [2.05, 4.69) is 12.2 Å². The van der Waals surface area contributed by atoms with Crippen molar-refractivity contribution in [3.05, 3.63) is 29.8 Å². The summed E-state index contributed by atoms with van der Waals surface area (Å²) in [5.74, 6) is 0.845. The Bertz CT molecular complexity index is 375. The number of rotatable bonds is 8. The average Bonchev–Trinajstić information content (AvgIpc) is 2.44. The molecule has 19 heavy (non-hydrogen) atoms. The molecule has 0 saturated heterocycles. The van der Waals surface area contributed by atoms with E-state index < -0.39 is 0 Å². The molecule has 4 nitrogen and oxygen atoms in total. The van der Waals surface area contributed by atoms with Gasteiger partial charge in [0, 0.05) is 13.2 Å². The van der Waals surface area contributed by atoms with Crippen LogP contribution in [0.5, 0.6) is 5.75 Å². The Labute approximate surface area is 114 Å². The van der Waals surface area contributed by atoms with Gasteiger partial charge in [-0.15, -0.1) is 0 Å². The number of aliphatic hydroxyl groups excluding tert-OH is 1. The van der Waals surface area contributed by atoms with Crippen molar-refractivity contribution in [1.82, 2.24) is 5.32 Å². The zero-order valence-electron chi connectivity index (χ0n) is 11.7. The minimum absolute atomic E-state index is 0.0251. The predicted octanol–water partition coefficient (Wildman–Crippen LogP) is 1.76. The molecule has 106 valence electrons. The van der Waals surface area contributed by atoms with E-state index in [1.807, 2.05) is 31.2 Å². The second kappa shape index (κ2) is 8.53. The Hall–Kier alpha value is -1.55. The zero-order valence-corrected chi connectivity index (χ0v) is 11.7. The van der Waals surface area contributed by atoms with Crippen LogP contribution in [-0.4, -0.2) is 30.8 Å². The largest absolute Gasteiger partial charge is 0.484 e. The van der Waals surface area contributed by atoms with Crippen molar-refractivity contribution in [2.24, 2.45) is 5.92 Å². The molecule has 1 amide bonds.